The van der Waals surface area contributed by atoms with E-state index in [4.69, 9.17) is 10.7 Å². The highest BCUT2D eigenvalue weighted by Gasteiger charge is 2.45. The monoisotopic (exact) mass is 508 g/mol. The van der Waals surface area contributed by atoms with Crippen LogP contribution in [0.25, 0.3) is 28.0 Å². The third-order valence-electron chi connectivity index (χ3n) is 7.86. The Morgan fingerprint density at radius 3 is 2.24 bits per heavy atom. The Bertz CT molecular complexity index is 1560. The largest absolute Gasteiger partial charge is 0.383 e. The summed E-state index contributed by atoms with van der Waals surface area (Å²) in [6.45, 7) is 2.81. The van der Waals surface area contributed by atoms with Gasteiger partial charge in [0.15, 0.2) is 11.4 Å². The maximum absolute atomic E-state index is 12.8. The molecule has 2 saturated heterocycles. The van der Waals surface area contributed by atoms with Gasteiger partial charge in [-0.3, -0.25) is 19.4 Å². The van der Waals surface area contributed by atoms with Gasteiger partial charge in [0.1, 0.15) is 5.82 Å². The number of hydrogen-bond acceptors (Lipinski definition) is 7. The predicted molar refractivity (Wildman–Crippen MR) is 142 cm³/mol. The van der Waals surface area contributed by atoms with Crippen molar-refractivity contribution in [3.8, 4) is 22.4 Å². The van der Waals surface area contributed by atoms with E-state index in [0.29, 0.717) is 29.7 Å². The number of amides is 1. The highest BCUT2D eigenvalue weighted by atomic mass is 16.2. The van der Waals surface area contributed by atoms with Crippen molar-refractivity contribution < 1.29 is 14.4 Å². The molecule has 5 heterocycles. The quantitative estimate of drug-likeness (QED) is 0.318. The molecule has 9 nitrogen and oxygen atoms in total. The molecule has 0 radical (unpaired) electrons. The Kier molecular flexibility index (Phi) is 5.78. The number of aromatic nitrogens is 4. The second-order valence-corrected chi connectivity index (χ2v) is 10.2. The van der Waals surface area contributed by atoms with Crippen molar-refractivity contribution in [2.24, 2.45) is 0 Å². The first-order chi connectivity index (χ1) is 18.3. The lowest BCUT2D eigenvalue weighted by atomic mass is 9.85. The standard InChI is InChI=1S/C29H28N6O3/c1-16(36)25-26(20-12-21-9-10-22(13-20)34(21)29(38)17(2)37)33-28-23(15-32-35(28)27(25)30)19-8-11-24(31-14-19)18-6-4-3-5-7-18/h3-8,11,14-15,20-22H,9-10,12-13,30H2,1-2H3/t20?,21-,22+. The van der Waals surface area contributed by atoms with Crippen molar-refractivity contribution in [2.45, 2.75) is 57.5 Å². The Morgan fingerprint density at radius 2 is 1.63 bits per heavy atom. The van der Waals surface area contributed by atoms with Crippen molar-refractivity contribution in [2.75, 3.05) is 5.73 Å². The van der Waals surface area contributed by atoms with Crippen LogP contribution in [0.15, 0.2) is 54.9 Å². The van der Waals surface area contributed by atoms with E-state index < -0.39 is 11.7 Å². The number of rotatable bonds is 5. The lowest BCUT2D eigenvalue weighted by Crippen LogP contribution is -2.48. The third kappa shape index (κ3) is 3.86. The predicted octanol–water partition coefficient (Wildman–Crippen LogP) is 4.07. The summed E-state index contributed by atoms with van der Waals surface area (Å²) >= 11 is 0. The Morgan fingerprint density at radius 1 is 0.921 bits per heavy atom. The zero-order valence-electron chi connectivity index (χ0n) is 21.3. The zero-order valence-corrected chi connectivity index (χ0v) is 21.3. The minimum atomic E-state index is -0.440. The summed E-state index contributed by atoms with van der Waals surface area (Å²) < 4.78 is 1.52. The molecule has 2 fully saturated rings. The summed E-state index contributed by atoms with van der Waals surface area (Å²) in [5, 5.41) is 4.46. The summed E-state index contributed by atoms with van der Waals surface area (Å²) in [7, 11) is 0. The Balaban J connectivity index is 1.40. The van der Waals surface area contributed by atoms with Gasteiger partial charge in [0.25, 0.3) is 5.91 Å². The van der Waals surface area contributed by atoms with Crippen LogP contribution in [0.3, 0.4) is 0 Å². The first-order valence-electron chi connectivity index (χ1n) is 12.9. The molecule has 38 heavy (non-hydrogen) atoms. The maximum atomic E-state index is 12.8. The zero-order chi connectivity index (χ0) is 26.6. The van der Waals surface area contributed by atoms with Crippen LogP contribution in [-0.2, 0) is 9.59 Å². The first-order valence-corrected chi connectivity index (χ1v) is 12.9. The van der Waals surface area contributed by atoms with E-state index in [9.17, 15) is 14.4 Å². The summed E-state index contributed by atoms with van der Waals surface area (Å²) in [6, 6.07) is 13.8. The molecule has 1 aromatic carbocycles. The summed E-state index contributed by atoms with van der Waals surface area (Å²) in [4.78, 5) is 48.5. The molecular weight excluding hydrogens is 480 g/mol. The molecule has 0 aliphatic carbocycles. The van der Waals surface area contributed by atoms with Crippen LogP contribution in [-0.4, -0.2) is 54.0 Å². The van der Waals surface area contributed by atoms with Crippen molar-refractivity contribution in [3.63, 3.8) is 0 Å². The molecule has 192 valence electrons. The second-order valence-electron chi connectivity index (χ2n) is 10.2. The number of anilines is 1. The molecule has 0 spiro atoms. The van der Waals surface area contributed by atoms with Crippen LogP contribution >= 0.6 is 0 Å². The molecule has 3 aromatic heterocycles. The molecule has 2 aliphatic heterocycles. The van der Waals surface area contributed by atoms with Crippen LogP contribution < -0.4 is 5.73 Å². The van der Waals surface area contributed by atoms with Crippen molar-refractivity contribution >= 4 is 28.9 Å². The lowest BCUT2D eigenvalue weighted by Gasteiger charge is -2.38. The molecular formula is C29H28N6O3. The molecule has 3 atom stereocenters. The van der Waals surface area contributed by atoms with Crippen LogP contribution in [0.4, 0.5) is 5.82 Å². The number of nitrogens with zero attached hydrogens (tertiary/aromatic N) is 5. The number of ketones is 2. The lowest BCUT2D eigenvalue weighted by molar-refractivity contribution is -0.146. The first kappa shape index (κ1) is 24.0. The average molecular weight is 509 g/mol. The molecule has 0 saturated carbocycles. The van der Waals surface area contributed by atoms with Gasteiger partial charge < -0.3 is 10.6 Å². The molecule has 6 rings (SSSR count). The normalized spacial score (nSPS) is 20.6. The van der Waals surface area contributed by atoms with Crippen LogP contribution in [0.5, 0.6) is 0 Å². The van der Waals surface area contributed by atoms with Crippen LogP contribution in [0, 0.1) is 0 Å². The maximum Gasteiger partial charge on any atom is 0.290 e. The minimum absolute atomic E-state index is 0.0479. The van der Waals surface area contributed by atoms with Gasteiger partial charge >= 0.3 is 0 Å². The number of nitrogen functional groups attached to an aromatic ring is 1. The highest BCUT2D eigenvalue weighted by molar-refractivity contribution is 6.35. The number of pyridine rings is 1. The van der Waals surface area contributed by atoms with Gasteiger partial charge in [-0.2, -0.15) is 9.61 Å². The fraction of sp³-hybridized carbons (Fsp3) is 0.310. The molecule has 1 unspecified atom stereocenters. The summed E-state index contributed by atoms with van der Waals surface area (Å²) in [5.41, 5.74) is 11.6. The Hall–Kier alpha value is -4.40. The van der Waals surface area contributed by atoms with Gasteiger partial charge in [-0.05, 0) is 38.7 Å². The highest BCUT2D eigenvalue weighted by Crippen LogP contribution is 2.44. The molecule has 1 amide bonds. The number of benzene rings is 1. The van der Waals surface area contributed by atoms with Crippen molar-refractivity contribution in [1.82, 2.24) is 24.5 Å². The third-order valence-corrected chi connectivity index (χ3v) is 7.86. The SMILES string of the molecule is CC(=O)C(=O)N1[C@@H]2CC[C@H]1CC(c1nc3c(-c4ccc(-c5ccccc5)nc4)cnn3c(N)c1C(C)=O)C2. The number of nitrogens with two attached hydrogens (primary N) is 1. The van der Waals surface area contributed by atoms with Gasteiger partial charge in [-0.15, -0.1) is 0 Å². The van der Waals surface area contributed by atoms with Gasteiger partial charge in [0.2, 0.25) is 5.78 Å². The van der Waals surface area contributed by atoms with E-state index in [1.165, 1.54) is 18.4 Å². The van der Waals surface area contributed by atoms with Gasteiger partial charge in [-0.1, -0.05) is 36.4 Å². The summed E-state index contributed by atoms with van der Waals surface area (Å²) in [6.07, 6.45) is 6.44. The van der Waals surface area contributed by atoms with Gasteiger partial charge in [0.05, 0.1) is 23.1 Å². The van der Waals surface area contributed by atoms with Crippen LogP contribution in [0.1, 0.15) is 61.5 Å². The van der Waals surface area contributed by atoms with E-state index in [0.717, 1.165) is 35.2 Å². The van der Waals surface area contributed by atoms with Crippen LogP contribution in [0.2, 0.25) is 0 Å². The Labute approximate surface area is 219 Å². The average Bonchev–Trinajstić information content (AvgIpc) is 3.46. The van der Waals surface area contributed by atoms with Gasteiger partial charge in [0, 0.05) is 47.8 Å². The number of piperidine rings is 1. The topological polar surface area (TPSA) is 124 Å². The number of carbonyl (C=O) groups excluding carboxylic acids is 3. The van der Waals surface area contributed by atoms with E-state index in [-0.39, 0.29) is 29.6 Å². The summed E-state index contributed by atoms with van der Waals surface area (Å²) in [5.74, 6) is -0.838. The molecule has 2 aliphatic rings. The van der Waals surface area contributed by atoms with E-state index in [1.54, 1.807) is 17.3 Å². The number of fused-ring (bicyclic) bond motifs is 3. The molecule has 2 N–H and O–H groups in total. The number of hydrogen-bond donors (Lipinski definition) is 1. The number of Topliss-reactive ketones (excluding diaryl/α,β-unsaturated/α-hetero) is 2. The fourth-order valence-corrected chi connectivity index (χ4v) is 6.14. The molecule has 4 aromatic rings. The number of carbonyl (C=O) groups is 3. The van der Waals surface area contributed by atoms with Crippen molar-refractivity contribution in [1.29, 1.82) is 0 Å². The van der Waals surface area contributed by atoms with E-state index in [2.05, 4.69) is 10.1 Å². The fourth-order valence-electron chi connectivity index (χ4n) is 6.14. The smallest absolute Gasteiger partial charge is 0.290 e. The molecule has 9 heteroatoms. The molecule has 2 bridgehead atoms. The van der Waals surface area contributed by atoms with Crippen molar-refractivity contribution in [3.05, 3.63) is 66.1 Å². The minimum Gasteiger partial charge on any atom is -0.383 e. The van der Waals surface area contributed by atoms with E-state index in [1.807, 2.05) is 42.5 Å². The van der Waals surface area contributed by atoms with Gasteiger partial charge in [-0.25, -0.2) is 4.98 Å². The van der Waals surface area contributed by atoms with E-state index >= 15 is 0 Å². The second kappa shape index (κ2) is 9.16.